The summed E-state index contributed by atoms with van der Waals surface area (Å²) in [5.74, 6) is 0.267. The van der Waals surface area contributed by atoms with Crippen LogP contribution in [-0.4, -0.2) is 6.04 Å². The molecule has 2 aromatic rings. The third-order valence-electron chi connectivity index (χ3n) is 4.31. The lowest BCUT2D eigenvalue weighted by Crippen LogP contribution is -2.34. The van der Waals surface area contributed by atoms with Gasteiger partial charge in [0.25, 0.3) is 0 Å². The molecule has 21 heavy (non-hydrogen) atoms. The zero-order valence-electron chi connectivity index (χ0n) is 11.7. The number of hydrogen-bond donors (Lipinski definition) is 1. The predicted octanol–water partition coefficient (Wildman–Crippen LogP) is 3.81. The van der Waals surface area contributed by atoms with Crippen molar-refractivity contribution in [2.24, 2.45) is 5.73 Å². The van der Waals surface area contributed by atoms with E-state index in [0.717, 1.165) is 24.3 Å². The third-order valence-corrected chi connectivity index (χ3v) is 4.56. The number of benzene rings is 2. The molecule has 0 aromatic heterocycles. The summed E-state index contributed by atoms with van der Waals surface area (Å²) < 4.78 is 0. The molecule has 0 saturated heterocycles. The van der Waals surface area contributed by atoms with Crippen LogP contribution in [0.15, 0.2) is 42.5 Å². The summed E-state index contributed by atoms with van der Waals surface area (Å²) in [6.45, 7) is 0. The van der Waals surface area contributed by atoms with Crippen LogP contribution in [0.2, 0.25) is 5.02 Å². The van der Waals surface area contributed by atoms with Gasteiger partial charge in [-0.3, -0.25) is 0 Å². The number of halogens is 1. The van der Waals surface area contributed by atoms with E-state index in [1.54, 1.807) is 0 Å². The van der Waals surface area contributed by atoms with Crippen molar-refractivity contribution in [1.82, 2.24) is 0 Å². The number of rotatable bonds is 2. The lowest BCUT2D eigenvalue weighted by Gasteiger charge is -2.31. The Bertz CT molecular complexity index is 685. The minimum absolute atomic E-state index is 0.141. The van der Waals surface area contributed by atoms with Crippen molar-refractivity contribution < 1.29 is 0 Å². The molecule has 2 N–H and O–H groups in total. The fourth-order valence-electron chi connectivity index (χ4n) is 3.13. The first kappa shape index (κ1) is 14.1. The highest BCUT2D eigenvalue weighted by Crippen LogP contribution is 2.34. The molecule has 1 aliphatic carbocycles. The van der Waals surface area contributed by atoms with E-state index in [1.807, 2.05) is 24.3 Å². The molecule has 3 heteroatoms. The predicted molar refractivity (Wildman–Crippen MR) is 85.4 cm³/mol. The van der Waals surface area contributed by atoms with Crippen molar-refractivity contribution in [3.05, 3.63) is 69.7 Å². The van der Waals surface area contributed by atoms with Crippen molar-refractivity contribution in [2.45, 2.75) is 31.2 Å². The summed E-state index contributed by atoms with van der Waals surface area (Å²) >= 11 is 5.94. The van der Waals surface area contributed by atoms with E-state index < -0.39 is 0 Å². The van der Waals surface area contributed by atoms with Crippen LogP contribution in [0.25, 0.3) is 0 Å². The van der Waals surface area contributed by atoms with Gasteiger partial charge >= 0.3 is 0 Å². The summed E-state index contributed by atoms with van der Waals surface area (Å²) in [4.78, 5) is 0. The van der Waals surface area contributed by atoms with Crippen LogP contribution in [-0.2, 0) is 12.8 Å². The third kappa shape index (κ3) is 2.95. The Morgan fingerprint density at radius 3 is 2.67 bits per heavy atom. The number of aryl methyl sites for hydroxylation is 1. The first-order chi connectivity index (χ1) is 10.2. The Morgan fingerprint density at radius 2 is 1.95 bits per heavy atom. The fourth-order valence-corrected chi connectivity index (χ4v) is 3.25. The summed E-state index contributed by atoms with van der Waals surface area (Å²) in [5.41, 5.74) is 10.9. The van der Waals surface area contributed by atoms with Crippen LogP contribution in [0.4, 0.5) is 0 Å². The fraction of sp³-hybridized carbons (Fsp3) is 0.278. The normalized spacial score (nSPS) is 20.6. The first-order valence-electron chi connectivity index (χ1n) is 7.20. The van der Waals surface area contributed by atoms with Gasteiger partial charge in [-0.05, 0) is 60.2 Å². The van der Waals surface area contributed by atoms with Gasteiger partial charge in [-0.1, -0.05) is 29.8 Å². The van der Waals surface area contributed by atoms with Crippen molar-refractivity contribution in [1.29, 1.82) is 5.26 Å². The Hall–Kier alpha value is -1.82. The lowest BCUT2D eigenvalue weighted by atomic mass is 9.76. The van der Waals surface area contributed by atoms with E-state index in [-0.39, 0.29) is 12.0 Å². The molecular weight excluding hydrogens is 280 g/mol. The molecule has 2 nitrogen and oxygen atoms in total. The summed E-state index contributed by atoms with van der Waals surface area (Å²) in [5, 5.41) is 9.86. The average molecular weight is 297 g/mol. The monoisotopic (exact) mass is 296 g/mol. The first-order valence-corrected chi connectivity index (χ1v) is 7.58. The van der Waals surface area contributed by atoms with Crippen molar-refractivity contribution in [3.8, 4) is 6.07 Å². The second-order valence-electron chi connectivity index (χ2n) is 5.67. The second-order valence-corrected chi connectivity index (χ2v) is 6.10. The van der Waals surface area contributed by atoms with Gasteiger partial charge in [0, 0.05) is 17.0 Å². The summed E-state index contributed by atoms with van der Waals surface area (Å²) in [7, 11) is 0. The number of fused-ring (bicyclic) bond motifs is 1. The summed E-state index contributed by atoms with van der Waals surface area (Å²) in [6, 6.07) is 16.3. The average Bonchev–Trinajstić information content (AvgIpc) is 2.51. The zero-order chi connectivity index (χ0) is 14.8. The van der Waals surface area contributed by atoms with Gasteiger partial charge in [0.05, 0.1) is 11.6 Å². The SMILES string of the molecule is N#Cc1ccc2c(c1)C(Cc1ccc(Cl)cc1)C(N)CC2. The second kappa shape index (κ2) is 5.89. The molecule has 2 aromatic carbocycles. The van der Waals surface area contributed by atoms with E-state index in [9.17, 15) is 0 Å². The van der Waals surface area contributed by atoms with Crippen LogP contribution in [0, 0.1) is 11.3 Å². The van der Waals surface area contributed by atoms with Gasteiger partial charge in [0.1, 0.15) is 0 Å². The Balaban J connectivity index is 1.94. The van der Waals surface area contributed by atoms with E-state index in [4.69, 9.17) is 22.6 Å². The largest absolute Gasteiger partial charge is 0.327 e. The number of nitrogens with zero attached hydrogens (tertiary/aromatic N) is 1. The van der Waals surface area contributed by atoms with Gasteiger partial charge in [0.15, 0.2) is 0 Å². The molecule has 0 radical (unpaired) electrons. The highest BCUT2D eigenvalue weighted by Gasteiger charge is 2.27. The van der Waals surface area contributed by atoms with Gasteiger partial charge in [0.2, 0.25) is 0 Å². The maximum absolute atomic E-state index is 9.12. The maximum Gasteiger partial charge on any atom is 0.0991 e. The van der Waals surface area contributed by atoms with Gasteiger partial charge in [-0.15, -0.1) is 0 Å². The topological polar surface area (TPSA) is 49.8 Å². The van der Waals surface area contributed by atoms with Crippen molar-refractivity contribution in [3.63, 3.8) is 0 Å². The molecule has 106 valence electrons. The maximum atomic E-state index is 9.12. The Morgan fingerprint density at radius 1 is 1.19 bits per heavy atom. The Kier molecular flexibility index (Phi) is 3.96. The highest BCUT2D eigenvalue weighted by atomic mass is 35.5. The van der Waals surface area contributed by atoms with Crippen LogP contribution >= 0.6 is 11.6 Å². The molecule has 0 aliphatic heterocycles. The molecule has 2 atom stereocenters. The molecule has 0 saturated carbocycles. The molecule has 2 unspecified atom stereocenters. The van der Waals surface area contributed by atoms with E-state index in [1.165, 1.54) is 16.7 Å². The molecule has 0 fully saturated rings. The van der Waals surface area contributed by atoms with E-state index >= 15 is 0 Å². The van der Waals surface area contributed by atoms with Gasteiger partial charge < -0.3 is 5.73 Å². The van der Waals surface area contributed by atoms with Crippen LogP contribution < -0.4 is 5.73 Å². The lowest BCUT2D eigenvalue weighted by molar-refractivity contribution is 0.467. The number of nitrogens with two attached hydrogens (primary N) is 1. The molecule has 1 aliphatic rings. The smallest absolute Gasteiger partial charge is 0.0991 e. The standard InChI is InChI=1S/C18H17ClN2/c19-15-6-2-12(3-7-15)9-17-16-10-13(11-20)1-4-14(16)5-8-18(17)21/h1-4,6-7,10,17-18H,5,8-9,21H2. The van der Waals surface area contributed by atoms with Crippen molar-refractivity contribution in [2.75, 3.05) is 0 Å². The Labute approximate surface area is 130 Å². The van der Waals surface area contributed by atoms with Crippen LogP contribution in [0.1, 0.15) is 34.6 Å². The molecule has 3 rings (SSSR count). The minimum atomic E-state index is 0.141. The van der Waals surface area contributed by atoms with E-state index in [2.05, 4.69) is 24.3 Å². The van der Waals surface area contributed by atoms with E-state index in [0.29, 0.717) is 5.56 Å². The molecular formula is C18H17ClN2. The quantitative estimate of drug-likeness (QED) is 0.916. The van der Waals surface area contributed by atoms with Crippen LogP contribution in [0.5, 0.6) is 0 Å². The van der Waals surface area contributed by atoms with Crippen molar-refractivity contribution >= 4 is 11.6 Å². The molecule has 0 spiro atoms. The van der Waals surface area contributed by atoms with Gasteiger partial charge in [-0.2, -0.15) is 5.26 Å². The molecule has 0 heterocycles. The minimum Gasteiger partial charge on any atom is -0.327 e. The molecule has 0 amide bonds. The zero-order valence-corrected chi connectivity index (χ0v) is 12.5. The van der Waals surface area contributed by atoms with Crippen LogP contribution in [0.3, 0.4) is 0 Å². The number of nitriles is 1. The molecule has 0 bridgehead atoms. The summed E-state index contributed by atoms with van der Waals surface area (Å²) in [6.07, 6.45) is 2.89. The van der Waals surface area contributed by atoms with Gasteiger partial charge in [-0.25, -0.2) is 0 Å². The number of hydrogen-bond acceptors (Lipinski definition) is 2. The highest BCUT2D eigenvalue weighted by molar-refractivity contribution is 6.30.